The highest BCUT2D eigenvalue weighted by atomic mass is 79.9. The highest BCUT2D eigenvalue weighted by Crippen LogP contribution is 2.46. The molecule has 2 aromatic carbocycles. The molecule has 26 heavy (non-hydrogen) atoms. The van der Waals surface area contributed by atoms with E-state index in [0.29, 0.717) is 37.1 Å². The third-order valence-corrected chi connectivity index (χ3v) is 5.17. The Hall–Kier alpha value is -1.60. The summed E-state index contributed by atoms with van der Waals surface area (Å²) in [5, 5.41) is 0.653. The average molecular weight is 439 g/mol. The zero-order valence-electron chi connectivity index (χ0n) is 13.9. The van der Waals surface area contributed by atoms with Crippen LogP contribution in [0.2, 0.25) is 5.02 Å². The zero-order valence-corrected chi connectivity index (χ0v) is 16.3. The first kappa shape index (κ1) is 17.8. The second kappa shape index (κ2) is 7.19. The largest absolute Gasteiger partial charge is 0.492 e. The fraction of sp³-hybridized carbons (Fsp3) is 0.316. The van der Waals surface area contributed by atoms with Gasteiger partial charge in [-0.15, -0.1) is 0 Å². The molecule has 0 N–H and O–H groups in total. The maximum Gasteiger partial charge on any atom is 0.292 e. The van der Waals surface area contributed by atoms with Crippen molar-refractivity contribution in [1.82, 2.24) is 0 Å². The number of benzene rings is 2. The zero-order chi connectivity index (χ0) is 18.1. The topological polar surface area (TPSA) is 48.0 Å². The number of hydrogen-bond acceptors (Lipinski definition) is 4. The molecule has 2 heterocycles. The monoisotopic (exact) mass is 437 g/mol. The average Bonchev–Trinajstić information content (AvgIpc) is 2.86. The Bertz CT molecular complexity index is 821. The van der Waals surface area contributed by atoms with Gasteiger partial charge in [0, 0.05) is 15.1 Å². The smallest absolute Gasteiger partial charge is 0.292 e. The minimum absolute atomic E-state index is 0.204. The standard InChI is InChI=1S/C19H17BrClNO4/c20-13-2-7-17-16(12-13)19(25-9-1-10-26-19)18(23)22(17)8-11-24-15-5-3-14(21)4-6-15/h2-7,12H,1,8-11H2. The van der Waals surface area contributed by atoms with Crippen molar-refractivity contribution >= 4 is 39.1 Å². The van der Waals surface area contributed by atoms with E-state index in [4.69, 9.17) is 25.8 Å². The van der Waals surface area contributed by atoms with Crippen LogP contribution >= 0.6 is 27.5 Å². The molecular formula is C19H17BrClNO4. The lowest BCUT2D eigenvalue weighted by molar-refractivity contribution is -0.256. The summed E-state index contributed by atoms with van der Waals surface area (Å²) in [6.07, 6.45) is 0.776. The van der Waals surface area contributed by atoms with Crippen LogP contribution in [0, 0.1) is 0 Å². The highest BCUT2D eigenvalue weighted by Gasteiger charge is 2.54. The third kappa shape index (κ3) is 3.11. The van der Waals surface area contributed by atoms with Crippen LogP contribution in [0.3, 0.4) is 0 Å². The van der Waals surface area contributed by atoms with Crippen molar-refractivity contribution in [3.05, 3.63) is 57.5 Å². The SMILES string of the molecule is O=C1N(CCOc2ccc(Cl)cc2)c2ccc(Br)cc2C12OCCCO2. The van der Waals surface area contributed by atoms with E-state index in [1.165, 1.54) is 0 Å². The first-order chi connectivity index (χ1) is 12.6. The van der Waals surface area contributed by atoms with E-state index in [0.717, 1.165) is 22.1 Å². The number of amides is 1. The Morgan fingerprint density at radius 2 is 1.88 bits per heavy atom. The van der Waals surface area contributed by atoms with E-state index < -0.39 is 5.79 Å². The number of carbonyl (C=O) groups excluding carboxylic acids is 1. The summed E-state index contributed by atoms with van der Waals surface area (Å²) in [7, 11) is 0. The molecule has 0 atom stereocenters. The summed E-state index contributed by atoms with van der Waals surface area (Å²) in [5.74, 6) is -0.834. The van der Waals surface area contributed by atoms with Crippen molar-refractivity contribution in [1.29, 1.82) is 0 Å². The van der Waals surface area contributed by atoms with Crippen molar-refractivity contribution in [3.63, 3.8) is 0 Å². The molecule has 0 aliphatic carbocycles. The fourth-order valence-corrected chi connectivity index (χ4v) is 3.72. The van der Waals surface area contributed by atoms with E-state index in [1.54, 1.807) is 29.2 Å². The second-order valence-corrected chi connectivity index (χ2v) is 7.44. The Morgan fingerprint density at radius 1 is 1.15 bits per heavy atom. The van der Waals surface area contributed by atoms with Gasteiger partial charge in [0.1, 0.15) is 12.4 Å². The van der Waals surface area contributed by atoms with Gasteiger partial charge in [0.2, 0.25) is 0 Å². The van der Waals surface area contributed by atoms with Gasteiger partial charge in [0.25, 0.3) is 11.7 Å². The number of halogens is 2. The van der Waals surface area contributed by atoms with Crippen LogP contribution < -0.4 is 9.64 Å². The number of hydrogen-bond donors (Lipinski definition) is 0. The van der Waals surface area contributed by atoms with E-state index in [1.807, 2.05) is 18.2 Å². The summed E-state index contributed by atoms with van der Waals surface area (Å²) < 4.78 is 18.3. The summed E-state index contributed by atoms with van der Waals surface area (Å²) in [6, 6.07) is 12.8. The third-order valence-electron chi connectivity index (χ3n) is 4.43. The lowest BCUT2D eigenvalue weighted by atomic mass is 10.1. The molecule has 2 aliphatic heterocycles. The van der Waals surface area contributed by atoms with Crippen molar-refractivity contribution in [2.24, 2.45) is 0 Å². The van der Waals surface area contributed by atoms with Crippen molar-refractivity contribution in [2.45, 2.75) is 12.2 Å². The molecule has 0 unspecified atom stereocenters. The molecule has 0 bridgehead atoms. The predicted octanol–water partition coefficient (Wildman–Crippen LogP) is 4.12. The molecule has 0 aromatic heterocycles. The normalized spacial score (nSPS) is 18.2. The number of anilines is 1. The van der Waals surface area contributed by atoms with Crippen LogP contribution in [0.1, 0.15) is 12.0 Å². The first-order valence-electron chi connectivity index (χ1n) is 8.38. The van der Waals surface area contributed by atoms with Gasteiger partial charge in [-0.05, 0) is 48.9 Å². The molecule has 2 aliphatic rings. The maximum atomic E-state index is 13.1. The summed E-state index contributed by atoms with van der Waals surface area (Å²) in [6.45, 7) is 1.73. The lowest BCUT2D eigenvalue weighted by Gasteiger charge is -2.32. The van der Waals surface area contributed by atoms with Crippen LogP contribution in [0.4, 0.5) is 5.69 Å². The molecule has 4 rings (SSSR count). The van der Waals surface area contributed by atoms with Gasteiger partial charge in [-0.25, -0.2) is 0 Å². The van der Waals surface area contributed by atoms with Gasteiger partial charge in [-0.1, -0.05) is 27.5 Å². The minimum atomic E-state index is -1.34. The Morgan fingerprint density at radius 3 is 2.62 bits per heavy atom. The fourth-order valence-electron chi connectivity index (χ4n) is 3.23. The molecule has 7 heteroatoms. The molecular weight excluding hydrogens is 422 g/mol. The van der Waals surface area contributed by atoms with Crippen LogP contribution in [-0.2, 0) is 20.1 Å². The van der Waals surface area contributed by atoms with Crippen molar-refractivity contribution in [3.8, 4) is 5.75 Å². The van der Waals surface area contributed by atoms with Crippen LogP contribution in [-0.4, -0.2) is 32.3 Å². The van der Waals surface area contributed by atoms with Gasteiger partial charge in [-0.3, -0.25) is 4.79 Å². The van der Waals surface area contributed by atoms with Crippen LogP contribution in [0.15, 0.2) is 46.9 Å². The number of fused-ring (bicyclic) bond motifs is 2. The van der Waals surface area contributed by atoms with E-state index in [2.05, 4.69) is 15.9 Å². The summed E-state index contributed by atoms with van der Waals surface area (Å²) in [5.41, 5.74) is 1.53. The Kier molecular flexibility index (Phi) is 4.92. The molecule has 1 spiro atoms. The molecule has 1 fully saturated rings. The molecule has 0 saturated carbocycles. The number of rotatable bonds is 4. The molecule has 5 nitrogen and oxygen atoms in total. The van der Waals surface area contributed by atoms with Crippen LogP contribution in [0.25, 0.3) is 0 Å². The summed E-state index contributed by atoms with van der Waals surface area (Å²) in [4.78, 5) is 14.8. The Balaban J connectivity index is 1.55. The first-order valence-corrected chi connectivity index (χ1v) is 9.55. The molecule has 136 valence electrons. The van der Waals surface area contributed by atoms with Gasteiger partial charge in [0.05, 0.1) is 25.4 Å². The minimum Gasteiger partial charge on any atom is -0.492 e. The van der Waals surface area contributed by atoms with E-state index in [9.17, 15) is 4.79 Å². The Labute approximate surface area is 164 Å². The predicted molar refractivity (Wildman–Crippen MR) is 102 cm³/mol. The van der Waals surface area contributed by atoms with Crippen molar-refractivity contribution < 1.29 is 19.0 Å². The highest BCUT2D eigenvalue weighted by molar-refractivity contribution is 9.10. The van der Waals surface area contributed by atoms with Crippen molar-refractivity contribution in [2.75, 3.05) is 31.3 Å². The number of carbonyl (C=O) groups is 1. The second-order valence-electron chi connectivity index (χ2n) is 6.09. The molecule has 0 radical (unpaired) electrons. The molecule has 1 amide bonds. The van der Waals surface area contributed by atoms with Gasteiger partial charge in [0.15, 0.2) is 0 Å². The summed E-state index contributed by atoms with van der Waals surface area (Å²) >= 11 is 9.35. The quantitative estimate of drug-likeness (QED) is 0.720. The number of ether oxygens (including phenoxy) is 3. The van der Waals surface area contributed by atoms with E-state index >= 15 is 0 Å². The van der Waals surface area contributed by atoms with Gasteiger partial charge < -0.3 is 19.1 Å². The molecule has 2 aromatic rings. The number of nitrogens with zero attached hydrogens (tertiary/aromatic N) is 1. The van der Waals surface area contributed by atoms with Gasteiger partial charge >= 0.3 is 0 Å². The lowest BCUT2D eigenvalue weighted by Crippen LogP contribution is -2.48. The van der Waals surface area contributed by atoms with Gasteiger partial charge in [-0.2, -0.15) is 0 Å². The van der Waals surface area contributed by atoms with E-state index in [-0.39, 0.29) is 5.91 Å². The molecule has 1 saturated heterocycles. The van der Waals surface area contributed by atoms with Crippen LogP contribution in [0.5, 0.6) is 5.75 Å². The maximum absolute atomic E-state index is 13.1.